The maximum absolute atomic E-state index is 11.1. The van der Waals surface area contributed by atoms with E-state index in [0.29, 0.717) is 19.0 Å². The number of halogens is 1. The first kappa shape index (κ1) is 11.2. The molecular formula is C10H11BrN2O3. The largest absolute Gasteiger partial charge is 0.470 e. The third-order valence-electron chi connectivity index (χ3n) is 2.28. The minimum Gasteiger partial charge on any atom is -0.470 e. The molecule has 0 aliphatic carbocycles. The van der Waals surface area contributed by atoms with E-state index in [2.05, 4.69) is 25.7 Å². The van der Waals surface area contributed by atoms with Gasteiger partial charge in [-0.25, -0.2) is 9.78 Å². The van der Waals surface area contributed by atoms with E-state index in [-0.39, 0.29) is 12.2 Å². The van der Waals surface area contributed by atoms with Gasteiger partial charge in [0.05, 0.1) is 24.7 Å². The van der Waals surface area contributed by atoms with E-state index < -0.39 is 0 Å². The number of carbonyl (C=O) groups excluding carboxylic acids is 1. The van der Waals surface area contributed by atoms with Crippen LogP contribution in [-0.4, -0.2) is 42.3 Å². The molecule has 0 atom stereocenters. The second kappa shape index (κ2) is 4.69. The van der Waals surface area contributed by atoms with Gasteiger partial charge in [-0.2, -0.15) is 0 Å². The Bertz CT molecular complexity index is 393. The fourth-order valence-electron chi connectivity index (χ4n) is 1.41. The van der Waals surface area contributed by atoms with Gasteiger partial charge in [0.2, 0.25) is 5.88 Å². The number of methoxy groups -OCH3 is 1. The van der Waals surface area contributed by atoms with Crippen LogP contribution in [0.1, 0.15) is 0 Å². The number of likely N-dealkylation sites (tertiary alicyclic amines) is 1. The van der Waals surface area contributed by atoms with Crippen LogP contribution in [0, 0.1) is 0 Å². The molecule has 2 heterocycles. The van der Waals surface area contributed by atoms with E-state index in [1.165, 1.54) is 7.11 Å². The summed E-state index contributed by atoms with van der Waals surface area (Å²) in [5, 5.41) is 0. The first-order chi connectivity index (χ1) is 7.70. The zero-order chi connectivity index (χ0) is 11.5. The van der Waals surface area contributed by atoms with E-state index in [1.54, 1.807) is 11.1 Å². The minimum atomic E-state index is -0.320. The van der Waals surface area contributed by atoms with Gasteiger partial charge in [-0.1, -0.05) is 0 Å². The number of nitrogens with zero attached hydrogens (tertiary/aromatic N) is 2. The molecule has 1 amide bonds. The lowest BCUT2D eigenvalue weighted by Crippen LogP contribution is -2.56. The Balaban J connectivity index is 1.86. The number of amides is 1. The second-order valence-corrected chi connectivity index (χ2v) is 4.26. The summed E-state index contributed by atoms with van der Waals surface area (Å²) in [4.78, 5) is 16.7. The number of rotatable bonds is 2. The lowest BCUT2D eigenvalue weighted by molar-refractivity contribution is 0.0157. The van der Waals surface area contributed by atoms with Gasteiger partial charge >= 0.3 is 6.09 Å². The monoisotopic (exact) mass is 286 g/mol. The molecule has 2 rings (SSSR count). The quantitative estimate of drug-likeness (QED) is 0.830. The summed E-state index contributed by atoms with van der Waals surface area (Å²) in [6.07, 6.45) is 1.34. The van der Waals surface area contributed by atoms with E-state index in [0.717, 1.165) is 4.47 Å². The van der Waals surface area contributed by atoms with Crippen molar-refractivity contribution in [3.63, 3.8) is 0 Å². The van der Waals surface area contributed by atoms with Crippen LogP contribution in [0.5, 0.6) is 5.88 Å². The number of ether oxygens (including phenoxy) is 2. The summed E-state index contributed by atoms with van der Waals surface area (Å²) in [6, 6.07) is 3.68. The molecule has 1 aliphatic rings. The zero-order valence-corrected chi connectivity index (χ0v) is 10.3. The first-order valence-corrected chi connectivity index (χ1v) is 5.60. The molecule has 0 saturated carbocycles. The highest BCUT2D eigenvalue weighted by Crippen LogP contribution is 2.24. The summed E-state index contributed by atoms with van der Waals surface area (Å²) >= 11 is 3.34. The molecule has 1 aromatic rings. The number of carbonyl (C=O) groups is 1. The van der Waals surface area contributed by atoms with Gasteiger partial charge < -0.3 is 14.4 Å². The molecule has 0 aromatic carbocycles. The normalized spacial score (nSPS) is 15.5. The molecule has 6 heteroatoms. The van der Waals surface area contributed by atoms with Gasteiger partial charge in [-0.3, -0.25) is 0 Å². The topological polar surface area (TPSA) is 51.7 Å². The first-order valence-electron chi connectivity index (χ1n) is 4.81. The summed E-state index contributed by atoms with van der Waals surface area (Å²) < 4.78 is 11.0. The van der Waals surface area contributed by atoms with E-state index in [4.69, 9.17) is 4.74 Å². The van der Waals surface area contributed by atoms with Crippen LogP contribution in [-0.2, 0) is 4.74 Å². The van der Waals surface area contributed by atoms with Gasteiger partial charge in [0.15, 0.2) is 0 Å². The van der Waals surface area contributed by atoms with Gasteiger partial charge in [0.25, 0.3) is 0 Å². The summed E-state index contributed by atoms with van der Waals surface area (Å²) in [5.41, 5.74) is 0. The fourth-order valence-corrected chi connectivity index (χ4v) is 1.76. The molecular weight excluding hydrogens is 276 g/mol. The highest BCUT2D eigenvalue weighted by atomic mass is 79.9. The standard InChI is InChI=1S/C10H11BrN2O3/c1-15-10(14)13-5-7(6-13)16-9-8(11)3-2-4-12-9/h2-4,7H,5-6H2,1H3. The second-order valence-electron chi connectivity index (χ2n) is 3.41. The number of hydrogen-bond donors (Lipinski definition) is 0. The maximum atomic E-state index is 11.1. The highest BCUT2D eigenvalue weighted by Gasteiger charge is 2.33. The lowest BCUT2D eigenvalue weighted by atomic mass is 10.2. The molecule has 0 spiro atoms. The number of hydrogen-bond acceptors (Lipinski definition) is 4. The van der Waals surface area contributed by atoms with Crippen LogP contribution >= 0.6 is 15.9 Å². The van der Waals surface area contributed by atoms with Gasteiger partial charge in [0, 0.05) is 6.20 Å². The summed E-state index contributed by atoms with van der Waals surface area (Å²) in [6.45, 7) is 1.07. The smallest absolute Gasteiger partial charge is 0.409 e. The summed E-state index contributed by atoms with van der Waals surface area (Å²) in [7, 11) is 1.37. The lowest BCUT2D eigenvalue weighted by Gasteiger charge is -2.37. The maximum Gasteiger partial charge on any atom is 0.409 e. The Morgan fingerprint density at radius 3 is 3.00 bits per heavy atom. The molecule has 0 radical (unpaired) electrons. The predicted molar refractivity (Wildman–Crippen MR) is 60.3 cm³/mol. The Kier molecular flexibility index (Phi) is 3.28. The SMILES string of the molecule is COC(=O)N1CC(Oc2ncccc2Br)C1. The van der Waals surface area contributed by atoms with E-state index in [1.807, 2.05) is 12.1 Å². The zero-order valence-electron chi connectivity index (χ0n) is 8.72. The minimum absolute atomic E-state index is 0.00898. The third kappa shape index (κ3) is 2.27. The molecule has 5 nitrogen and oxygen atoms in total. The third-order valence-corrected chi connectivity index (χ3v) is 2.89. The van der Waals surface area contributed by atoms with Crippen LogP contribution in [0.15, 0.2) is 22.8 Å². The van der Waals surface area contributed by atoms with Crippen molar-refractivity contribution in [1.29, 1.82) is 0 Å². The van der Waals surface area contributed by atoms with Crippen molar-refractivity contribution in [2.75, 3.05) is 20.2 Å². The van der Waals surface area contributed by atoms with Crippen molar-refractivity contribution in [1.82, 2.24) is 9.88 Å². The molecule has 1 aromatic heterocycles. The van der Waals surface area contributed by atoms with Gasteiger partial charge in [-0.05, 0) is 28.1 Å². The van der Waals surface area contributed by atoms with Crippen molar-refractivity contribution in [2.24, 2.45) is 0 Å². The Morgan fingerprint density at radius 2 is 2.38 bits per heavy atom. The van der Waals surface area contributed by atoms with Crippen molar-refractivity contribution in [3.8, 4) is 5.88 Å². The average molecular weight is 287 g/mol. The van der Waals surface area contributed by atoms with Crippen molar-refractivity contribution < 1.29 is 14.3 Å². The van der Waals surface area contributed by atoms with Crippen LogP contribution in [0.4, 0.5) is 4.79 Å². The molecule has 1 fully saturated rings. The van der Waals surface area contributed by atoms with Crippen molar-refractivity contribution in [3.05, 3.63) is 22.8 Å². The summed E-state index contributed by atoms with van der Waals surface area (Å²) in [5.74, 6) is 0.553. The van der Waals surface area contributed by atoms with Crippen molar-refractivity contribution in [2.45, 2.75) is 6.10 Å². The molecule has 1 saturated heterocycles. The molecule has 0 bridgehead atoms. The molecule has 16 heavy (non-hydrogen) atoms. The predicted octanol–water partition coefficient (Wildman–Crippen LogP) is 1.67. The Labute approximate surface area is 101 Å². The van der Waals surface area contributed by atoms with Crippen LogP contribution in [0.2, 0.25) is 0 Å². The Hall–Kier alpha value is -1.30. The van der Waals surface area contributed by atoms with E-state index in [9.17, 15) is 4.79 Å². The number of pyridine rings is 1. The number of aromatic nitrogens is 1. The van der Waals surface area contributed by atoms with Gasteiger partial charge in [0.1, 0.15) is 6.10 Å². The Morgan fingerprint density at radius 1 is 1.62 bits per heavy atom. The highest BCUT2D eigenvalue weighted by molar-refractivity contribution is 9.10. The molecule has 0 N–H and O–H groups in total. The fraction of sp³-hybridized carbons (Fsp3) is 0.400. The molecule has 86 valence electrons. The van der Waals surface area contributed by atoms with E-state index >= 15 is 0 Å². The average Bonchev–Trinajstić information content (AvgIpc) is 2.24. The van der Waals surface area contributed by atoms with Crippen molar-refractivity contribution >= 4 is 22.0 Å². The van der Waals surface area contributed by atoms with Crippen LogP contribution in [0.3, 0.4) is 0 Å². The molecule has 1 aliphatic heterocycles. The van der Waals surface area contributed by atoms with Crippen LogP contribution in [0.25, 0.3) is 0 Å². The van der Waals surface area contributed by atoms with Crippen LogP contribution < -0.4 is 4.74 Å². The molecule has 0 unspecified atom stereocenters. The van der Waals surface area contributed by atoms with Gasteiger partial charge in [-0.15, -0.1) is 0 Å².